The molecule has 8 heteroatoms. The van der Waals surface area contributed by atoms with Crippen LogP contribution in [0.4, 0.5) is 5.69 Å². The lowest BCUT2D eigenvalue weighted by Gasteiger charge is -2.29. The van der Waals surface area contributed by atoms with Gasteiger partial charge in [-0.2, -0.15) is 0 Å². The number of unbranched alkanes of at least 4 members (excludes halogenated alkanes) is 1. The zero-order valence-electron chi connectivity index (χ0n) is 21.2. The van der Waals surface area contributed by atoms with Gasteiger partial charge < -0.3 is 26.2 Å². The molecule has 1 aromatic carbocycles. The van der Waals surface area contributed by atoms with Crippen molar-refractivity contribution in [2.45, 2.75) is 84.1 Å². The third kappa shape index (κ3) is 9.34. The van der Waals surface area contributed by atoms with Crippen molar-refractivity contribution in [2.24, 2.45) is 0 Å². The lowest BCUT2D eigenvalue weighted by molar-refractivity contribution is -0.138. The lowest BCUT2D eigenvalue weighted by atomic mass is 9.79. The Morgan fingerprint density at radius 1 is 1.00 bits per heavy atom. The van der Waals surface area contributed by atoms with Crippen LogP contribution >= 0.6 is 0 Å². The van der Waals surface area contributed by atoms with Gasteiger partial charge in [0.05, 0.1) is 6.42 Å². The van der Waals surface area contributed by atoms with Gasteiger partial charge in [0, 0.05) is 23.4 Å². The van der Waals surface area contributed by atoms with Crippen molar-refractivity contribution in [1.82, 2.24) is 10.6 Å². The van der Waals surface area contributed by atoms with E-state index in [2.05, 4.69) is 21.9 Å². The standard InChI is InChI=1S/C26H39N3O5/c1-8-11-21(30)27-13-10-9-12-20(24(34)28-16-22(31)32)29-17-14-18(25(2,3)4)23(33)19(15-17)26(5,6)7/h1,14-15,20,29,33H,9-13,16H2,2-7H3,(H,27,30)(H,28,34)(H,31,32)/t20-/m0/s1. The Hall–Kier alpha value is -3.21. The summed E-state index contributed by atoms with van der Waals surface area (Å²) in [5.74, 6) is 0.748. The summed E-state index contributed by atoms with van der Waals surface area (Å²) in [6.45, 7) is 12.0. The van der Waals surface area contributed by atoms with Crippen LogP contribution in [-0.2, 0) is 25.2 Å². The van der Waals surface area contributed by atoms with Crippen molar-refractivity contribution < 1.29 is 24.6 Å². The maximum Gasteiger partial charge on any atom is 0.322 e. The minimum Gasteiger partial charge on any atom is -0.507 e. The highest BCUT2D eigenvalue weighted by Gasteiger charge is 2.28. The van der Waals surface area contributed by atoms with Crippen LogP contribution in [0.25, 0.3) is 0 Å². The van der Waals surface area contributed by atoms with Crippen molar-refractivity contribution in [2.75, 3.05) is 18.4 Å². The van der Waals surface area contributed by atoms with E-state index in [1.165, 1.54) is 0 Å². The van der Waals surface area contributed by atoms with Gasteiger partial charge in [-0.05, 0) is 42.2 Å². The second-order valence-corrected chi connectivity index (χ2v) is 10.5. The third-order valence-electron chi connectivity index (χ3n) is 5.30. The summed E-state index contributed by atoms with van der Waals surface area (Å²) in [5, 5.41) is 28.3. The maximum absolute atomic E-state index is 12.8. The summed E-state index contributed by atoms with van der Waals surface area (Å²) in [7, 11) is 0. The average molecular weight is 474 g/mol. The number of phenolic OH excluding ortho intramolecular Hbond substituents is 1. The molecule has 34 heavy (non-hydrogen) atoms. The molecular weight excluding hydrogens is 434 g/mol. The lowest BCUT2D eigenvalue weighted by Crippen LogP contribution is -2.42. The number of terminal acetylenes is 1. The van der Waals surface area contributed by atoms with Gasteiger partial charge in [0.1, 0.15) is 18.3 Å². The number of carbonyl (C=O) groups is 3. The molecule has 0 bridgehead atoms. The van der Waals surface area contributed by atoms with Gasteiger partial charge in [0.2, 0.25) is 11.8 Å². The predicted octanol–water partition coefficient (Wildman–Crippen LogP) is 3.28. The smallest absolute Gasteiger partial charge is 0.322 e. The molecule has 8 nitrogen and oxygen atoms in total. The van der Waals surface area contributed by atoms with E-state index in [1.54, 1.807) is 0 Å². The Morgan fingerprint density at radius 3 is 2.03 bits per heavy atom. The molecule has 0 saturated heterocycles. The Morgan fingerprint density at radius 2 is 1.56 bits per heavy atom. The van der Waals surface area contributed by atoms with Crippen molar-refractivity contribution in [3.63, 3.8) is 0 Å². The fourth-order valence-electron chi connectivity index (χ4n) is 3.47. The first-order chi connectivity index (χ1) is 15.7. The number of phenols is 1. The highest BCUT2D eigenvalue weighted by atomic mass is 16.4. The molecule has 0 fully saturated rings. The Kier molecular flexibility index (Phi) is 10.4. The number of carboxylic acid groups (broad SMARTS) is 1. The fraction of sp³-hybridized carbons (Fsp3) is 0.577. The maximum atomic E-state index is 12.8. The van der Waals surface area contributed by atoms with Gasteiger partial charge in [-0.25, -0.2) is 0 Å². The minimum absolute atomic E-state index is 0.0227. The highest BCUT2D eigenvalue weighted by molar-refractivity contribution is 5.87. The summed E-state index contributed by atoms with van der Waals surface area (Å²) in [5.41, 5.74) is 1.51. The van der Waals surface area contributed by atoms with Crippen LogP contribution in [-0.4, -0.2) is 47.1 Å². The van der Waals surface area contributed by atoms with Crippen LogP contribution in [0.2, 0.25) is 0 Å². The molecule has 0 radical (unpaired) electrons. The van der Waals surface area contributed by atoms with E-state index in [-0.39, 0.29) is 28.9 Å². The number of amides is 2. The van der Waals surface area contributed by atoms with Gasteiger partial charge in [-0.3, -0.25) is 14.4 Å². The number of hydrogen-bond acceptors (Lipinski definition) is 5. The first kappa shape index (κ1) is 28.8. The molecule has 0 aliphatic rings. The monoisotopic (exact) mass is 473 g/mol. The molecule has 0 unspecified atom stereocenters. The SMILES string of the molecule is C#CCC(=O)NCCCC[C@H](Nc1cc(C(C)(C)C)c(O)c(C(C)(C)C)c1)C(=O)NCC(=O)O. The number of aliphatic carboxylic acids is 1. The quantitative estimate of drug-likeness (QED) is 0.191. The average Bonchev–Trinajstić information content (AvgIpc) is 2.70. The molecule has 1 aromatic rings. The first-order valence-electron chi connectivity index (χ1n) is 11.5. The Labute approximate surface area is 202 Å². The number of benzene rings is 1. The van der Waals surface area contributed by atoms with E-state index < -0.39 is 24.5 Å². The van der Waals surface area contributed by atoms with E-state index in [0.29, 0.717) is 31.5 Å². The predicted molar refractivity (Wildman–Crippen MR) is 134 cm³/mol. The van der Waals surface area contributed by atoms with E-state index in [4.69, 9.17) is 11.5 Å². The first-order valence-corrected chi connectivity index (χ1v) is 11.5. The van der Waals surface area contributed by atoms with Gasteiger partial charge >= 0.3 is 5.97 Å². The van der Waals surface area contributed by atoms with Crippen LogP contribution in [0, 0.1) is 12.3 Å². The number of hydrogen-bond donors (Lipinski definition) is 5. The summed E-state index contributed by atoms with van der Waals surface area (Å²) >= 11 is 0. The number of carbonyl (C=O) groups excluding carboxylic acids is 2. The second kappa shape index (κ2) is 12.3. The van der Waals surface area contributed by atoms with Gasteiger partial charge in [-0.15, -0.1) is 6.42 Å². The van der Waals surface area contributed by atoms with E-state index in [0.717, 1.165) is 11.1 Å². The van der Waals surface area contributed by atoms with Gasteiger partial charge in [0.25, 0.3) is 0 Å². The second-order valence-electron chi connectivity index (χ2n) is 10.5. The van der Waals surface area contributed by atoms with Crippen LogP contribution in [0.15, 0.2) is 12.1 Å². The third-order valence-corrected chi connectivity index (χ3v) is 5.30. The fourth-order valence-corrected chi connectivity index (χ4v) is 3.47. The zero-order chi connectivity index (χ0) is 26.1. The van der Waals surface area contributed by atoms with Crippen molar-refractivity contribution >= 4 is 23.5 Å². The van der Waals surface area contributed by atoms with Crippen LogP contribution < -0.4 is 16.0 Å². The highest BCUT2D eigenvalue weighted by Crippen LogP contribution is 2.41. The molecule has 5 N–H and O–H groups in total. The molecule has 0 saturated carbocycles. The van der Waals surface area contributed by atoms with E-state index >= 15 is 0 Å². The molecule has 1 rings (SSSR count). The molecule has 0 spiro atoms. The number of anilines is 1. The Balaban J connectivity index is 3.11. The van der Waals surface area contributed by atoms with Crippen LogP contribution in [0.3, 0.4) is 0 Å². The summed E-state index contributed by atoms with van der Waals surface area (Å²) < 4.78 is 0. The number of carboxylic acids is 1. The van der Waals surface area contributed by atoms with Crippen molar-refractivity contribution in [3.8, 4) is 18.1 Å². The molecule has 188 valence electrons. The molecule has 1 atom stereocenters. The van der Waals surface area contributed by atoms with E-state index in [9.17, 15) is 19.5 Å². The minimum atomic E-state index is -1.13. The Bertz CT molecular complexity index is 885. The van der Waals surface area contributed by atoms with Crippen molar-refractivity contribution in [1.29, 1.82) is 0 Å². The molecular formula is C26H39N3O5. The summed E-state index contributed by atoms with van der Waals surface area (Å²) in [4.78, 5) is 35.2. The number of aromatic hydroxyl groups is 1. The van der Waals surface area contributed by atoms with Gasteiger partial charge in [0.15, 0.2) is 0 Å². The molecule has 2 amide bonds. The van der Waals surface area contributed by atoms with Crippen LogP contribution in [0.1, 0.15) is 78.4 Å². The largest absolute Gasteiger partial charge is 0.507 e. The normalized spacial score (nSPS) is 12.4. The number of rotatable bonds is 11. The van der Waals surface area contributed by atoms with E-state index in [1.807, 2.05) is 53.7 Å². The molecule has 0 aromatic heterocycles. The summed E-state index contributed by atoms with van der Waals surface area (Å²) in [6.07, 6.45) is 6.82. The van der Waals surface area contributed by atoms with Gasteiger partial charge in [-0.1, -0.05) is 47.5 Å². The summed E-state index contributed by atoms with van der Waals surface area (Å²) in [6, 6.07) is 2.98. The molecule has 0 aliphatic heterocycles. The number of nitrogens with one attached hydrogen (secondary N) is 3. The topological polar surface area (TPSA) is 128 Å². The van der Waals surface area contributed by atoms with Crippen molar-refractivity contribution in [3.05, 3.63) is 23.3 Å². The molecule has 0 aliphatic carbocycles. The molecule has 0 heterocycles. The van der Waals surface area contributed by atoms with Crippen LogP contribution in [0.5, 0.6) is 5.75 Å². The zero-order valence-corrected chi connectivity index (χ0v) is 21.2.